The molecule has 1 heterocycles. The van der Waals surface area contributed by atoms with Gasteiger partial charge in [-0.1, -0.05) is 23.8 Å². The van der Waals surface area contributed by atoms with Crippen LogP contribution in [-0.4, -0.2) is 34.8 Å². The van der Waals surface area contributed by atoms with Gasteiger partial charge in [0.15, 0.2) is 5.82 Å². The molecule has 0 amide bonds. The molecule has 26 heavy (non-hydrogen) atoms. The highest BCUT2D eigenvalue weighted by atomic mass is 16.5. The van der Waals surface area contributed by atoms with E-state index in [1.165, 1.54) is 38.4 Å². The Labute approximate surface area is 152 Å². The van der Waals surface area contributed by atoms with Crippen LogP contribution in [0.5, 0.6) is 0 Å². The van der Waals surface area contributed by atoms with Crippen LogP contribution < -0.4 is 10.6 Å². The molecule has 0 atom stereocenters. The second-order valence-corrected chi connectivity index (χ2v) is 6.11. The van der Waals surface area contributed by atoms with Crippen LogP contribution in [0.1, 0.15) is 42.5 Å². The summed E-state index contributed by atoms with van der Waals surface area (Å²) in [6.07, 6.45) is 9.92. The molecule has 1 aromatic carbocycles. The minimum absolute atomic E-state index is 0.322. The first-order valence-electron chi connectivity index (χ1n) is 8.82. The highest BCUT2D eigenvalue weighted by Gasteiger charge is 2.12. The van der Waals surface area contributed by atoms with E-state index in [1.54, 1.807) is 24.4 Å². The van der Waals surface area contributed by atoms with E-state index in [-0.39, 0.29) is 0 Å². The van der Waals surface area contributed by atoms with Gasteiger partial charge in [-0.25, -0.2) is 4.79 Å². The van der Waals surface area contributed by atoms with Gasteiger partial charge in [0.25, 0.3) is 0 Å². The molecule has 0 aliphatic heterocycles. The predicted molar refractivity (Wildman–Crippen MR) is 101 cm³/mol. The van der Waals surface area contributed by atoms with Gasteiger partial charge >= 0.3 is 5.97 Å². The van der Waals surface area contributed by atoms with Crippen LogP contribution in [0.3, 0.4) is 0 Å². The van der Waals surface area contributed by atoms with Gasteiger partial charge in [0.2, 0.25) is 5.95 Å². The molecule has 0 radical (unpaired) electrons. The van der Waals surface area contributed by atoms with E-state index in [1.807, 2.05) is 6.07 Å². The number of hydrogen-bond acceptors (Lipinski definition) is 7. The van der Waals surface area contributed by atoms with Crippen molar-refractivity contribution < 1.29 is 9.53 Å². The number of esters is 1. The van der Waals surface area contributed by atoms with Crippen LogP contribution >= 0.6 is 0 Å². The summed E-state index contributed by atoms with van der Waals surface area (Å²) in [4.78, 5) is 16.3. The normalized spacial score (nSPS) is 13.7. The Balaban J connectivity index is 1.62. The van der Waals surface area contributed by atoms with Gasteiger partial charge < -0.3 is 15.4 Å². The molecule has 1 aromatic heterocycles. The second-order valence-electron chi connectivity index (χ2n) is 6.11. The lowest BCUT2D eigenvalue weighted by atomic mass is 9.97. The molecule has 0 spiro atoms. The van der Waals surface area contributed by atoms with Gasteiger partial charge in [0, 0.05) is 6.54 Å². The Bertz CT molecular complexity index is 791. The quantitative estimate of drug-likeness (QED) is 0.579. The fraction of sp³-hybridized carbons (Fsp3) is 0.368. The maximum Gasteiger partial charge on any atom is 0.339 e. The molecule has 0 fully saturated rings. The van der Waals surface area contributed by atoms with Crippen molar-refractivity contribution in [2.75, 3.05) is 24.3 Å². The number of carbonyl (C=O) groups is 1. The summed E-state index contributed by atoms with van der Waals surface area (Å²) >= 11 is 0. The Morgan fingerprint density at radius 1 is 1.27 bits per heavy atom. The van der Waals surface area contributed by atoms with Crippen LogP contribution in [0.4, 0.5) is 17.5 Å². The van der Waals surface area contributed by atoms with Gasteiger partial charge in [-0.15, -0.1) is 5.10 Å². The monoisotopic (exact) mass is 353 g/mol. The van der Waals surface area contributed by atoms with Gasteiger partial charge in [0.05, 0.1) is 24.6 Å². The SMILES string of the molecule is COC(=O)c1ccccc1Nc1nncc(NCCC2=CCCCC2)n1. The molecule has 7 nitrogen and oxygen atoms in total. The van der Waals surface area contributed by atoms with E-state index in [9.17, 15) is 4.79 Å². The highest BCUT2D eigenvalue weighted by Crippen LogP contribution is 2.21. The van der Waals surface area contributed by atoms with E-state index >= 15 is 0 Å². The molecule has 7 heteroatoms. The molecule has 3 rings (SSSR count). The van der Waals surface area contributed by atoms with Gasteiger partial charge in [-0.3, -0.25) is 0 Å². The Kier molecular flexibility index (Phi) is 6.14. The zero-order valence-electron chi connectivity index (χ0n) is 14.9. The number of allylic oxidation sites excluding steroid dienone is 1. The summed E-state index contributed by atoms with van der Waals surface area (Å²) in [5.41, 5.74) is 2.50. The average Bonchev–Trinajstić information content (AvgIpc) is 2.69. The van der Waals surface area contributed by atoms with Crippen LogP contribution in [0, 0.1) is 0 Å². The molecule has 1 aliphatic rings. The van der Waals surface area contributed by atoms with Crippen molar-refractivity contribution in [3.05, 3.63) is 47.7 Å². The van der Waals surface area contributed by atoms with E-state index in [4.69, 9.17) is 4.74 Å². The molecule has 136 valence electrons. The molecule has 1 aliphatic carbocycles. The predicted octanol–water partition coefficient (Wildman–Crippen LogP) is 3.70. The van der Waals surface area contributed by atoms with Crippen LogP contribution in [0.15, 0.2) is 42.1 Å². The number of hydrogen-bond donors (Lipinski definition) is 2. The number of nitrogens with one attached hydrogen (secondary N) is 2. The molecular weight excluding hydrogens is 330 g/mol. The van der Waals surface area contributed by atoms with Crippen molar-refractivity contribution in [2.45, 2.75) is 32.1 Å². The summed E-state index contributed by atoms with van der Waals surface area (Å²) < 4.78 is 4.80. The lowest BCUT2D eigenvalue weighted by molar-refractivity contribution is 0.0602. The summed E-state index contributed by atoms with van der Waals surface area (Å²) in [6.45, 7) is 0.808. The number of aromatic nitrogens is 3. The molecule has 0 saturated carbocycles. The van der Waals surface area contributed by atoms with E-state index in [0.29, 0.717) is 23.0 Å². The molecule has 0 unspecified atom stereocenters. The number of methoxy groups -OCH3 is 1. The van der Waals surface area contributed by atoms with E-state index in [0.717, 1.165) is 13.0 Å². The van der Waals surface area contributed by atoms with Gasteiger partial charge in [-0.05, 0) is 44.2 Å². The van der Waals surface area contributed by atoms with Gasteiger partial charge in [-0.2, -0.15) is 10.1 Å². The molecule has 2 N–H and O–H groups in total. The lowest BCUT2D eigenvalue weighted by Crippen LogP contribution is -2.10. The fourth-order valence-electron chi connectivity index (χ4n) is 2.93. The zero-order chi connectivity index (χ0) is 18.2. The molecule has 0 saturated heterocycles. The molecular formula is C19H23N5O2. The maximum atomic E-state index is 11.8. The molecule has 2 aromatic rings. The Morgan fingerprint density at radius 3 is 2.96 bits per heavy atom. The topological polar surface area (TPSA) is 89.0 Å². The number of para-hydroxylation sites is 1. The van der Waals surface area contributed by atoms with E-state index in [2.05, 4.69) is 31.9 Å². The number of carbonyl (C=O) groups excluding carboxylic acids is 1. The highest BCUT2D eigenvalue weighted by molar-refractivity contribution is 5.96. The number of benzene rings is 1. The van der Waals surface area contributed by atoms with Gasteiger partial charge in [0.1, 0.15) is 0 Å². The first kappa shape index (κ1) is 17.8. The third-order valence-electron chi connectivity index (χ3n) is 4.27. The summed E-state index contributed by atoms with van der Waals surface area (Å²) in [5, 5.41) is 14.3. The van der Waals surface area contributed by atoms with E-state index < -0.39 is 5.97 Å². The van der Waals surface area contributed by atoms with Crippen molar-refractivity contribution in [1.82, 2.24) is 15.2 Å². The van der Waals surface area contributed by atoms with Crippen molar-refractivity contribution >= 4 is 23.4 Å². The van der Waals surface area contributed by atoms with Crippen molar-refractivity contribution in [2.24, 2.45) is 0 Å². The molecule has 0 bridgehead atoms. The maximum absolute atomic E-state index is 11.8. The lowest BCUT2D eigenvalue weighted by Gasteiger charge is -2.13. The van der Waals surface area contributed by atoms with Crippen molar-refractivity contribution in [3.63, 3.8) is 0 Å². The first-order chi connectivity index (χ1) is 12.8. The third-order valence-corrected chi connectivity index (χ3v) is 4.27. The fourth-order valence-corrected chi connectivity index (χ4v) is 2.93. The van der Waals surface area contributed by atoms with Crippen molar-refractivity contribution in [1.29, 1.82) is 0 Å². The largest absolute Gasteiger partial charge is 0.465 e. The van der Waals surface area contributed by atoms with Crippen LogP contribution in [-0.2, 0) is 4.74 Å². The number of nitrogens with zero attached hydrogens (tertiary/aromatic N) is 3. The minimum atomic E-state index is -0.420. The first-order valence-corrected chi connectivity index (χ1v) is 8.82. The number of anilines is 3. The second kappa shape index (κ2) is 8.94. The summed E-state index contributed by atoms with van der Waals surface area (Å²) in [7, 11) is 1.35. The zero-order valence-corrected chi connectivity index (χ0v) is 14.9. The Morgan fingerprint density at radius 2 is 2.15 bits per heavy atom. The summed E-state index contributed by atoms with van der Waals surface area (Å²) in [5.74, 6) is 0.550. The minimum Gasteiger partial charge on any atom is -0.465 e. The van der Waals surface area contributed by atoms with Crippen LogP contribution in [0.25, 0.3) is 0 Å². The standard InChI is InChI=1S/C19H23N5O2/c1-26-18(25)15-9-5-6-10-16(15)22-19-23-17(13-21-24-19)20-12-11-14-7-3-2-4-8-14/h5-7,9-10,13H,2-4,8,11-12H2,1H3,(H2,20,22,23,24). The third kappa shape index (κ3) is 4.78. The van der Waals surface area contributed by atoms with Crippen LogP contribution in [0.2, 0.25) is 0 Å². The average molecular weight is 353 g/mol. The number of ether oxygens (including phenoxy) is 1. The van der Waals surface area contributed by atoms with Crippen molar-refractivity contribution in [3.8, 4) is 0 Å². The Hall–Kier alpha value is -2.96. The number of rotatable bonds is 7. The summed E-state index contributed by atoms with van der Waals surface area (Å²) in [6, 6.07) is 7.05. The smallest absolute Gasteiger partial charge is 0.339 e.